The summed E-state index contributed by atoms with van der Waals surface area (Å²) in [6, 6.07) is 9.80. The molecule has 0 aliphatic carbocycles. The number of sulfonamides is 1. The molecule has 0 unspecified atom stereocenters. The Labute approximate surface area is 161 Å². The third-order valence-corrected chi connectivity index (χ3v) is 6.86. The molecule has 1 aliphatic rings. The quantitative estimate of drug-likeness (QED) is 0.750. The standard InChI is InChI=1S/C18H18ClF3N2O2S/c1-13-5-6-17(16(19)11-13)27(25,26)24-9-7-23(8-10-24)15-4-2-3-14(12-15)18(20,21)22/h2-6,11-12H,7-10H2,1H3. The lowest BCUT2D eigenvalue weighted by molar-refractivity contribution is -0.137. The van der Waals surface area contributed by atoms with Gasteiger partial charge in [0.1, 0.15) is 4.90 Å². The number of rotatable bonds is 3. The SMILES string of the molecule is Cc1ccc(S(=O)(=O)N2CCN(c3cccc(C(F)(F)F)c3)CC2)c(Cl)c1. The van der Waals surface area contributed by atoms with Crippen LogP contribution in [0.2, 0.25) is 5.02 Å². The fourth-order valence-electron chi connectivity index (χ4n) is 3.02. The van der Waals surface area contributed by atoms with Crippen molar-refractivity contribution >= 4 is 27.3 Å². The summed E-state index contributed by atoms with van der Waals surface area (Å²) < 4.78 is 65.6. The van der Waals surface area contributed by atoms with Gasteiger partial charge in [0, 0.05) is 31.9 Å². The molecule has 0 aromatic heterocycles. The van der Waals surface area contributed by atoms with Crippen LogP contribution in [-0.2, 0) is 16.2 Å². The molecule has 4 nitrogen and oxygen atoms in total. The van der Waals surface area contributed by atoms with Gasteiger partial charge in [-0.25, -0.2) is 8.42 Å². The van der Waals surface area contributed by atoms with Crippen LogP contribution in [0.25, 0.3) is 0 Å². The average Bonchev–Trinajstić information content (AvgIpc) is 2.61. The molecule has 1 aliphatic heterocycles. The zero-order valence-electron chi connectivity index (χ0n) is 14.5. The van der Waals surface area contributed by atoms with E-state index in [1.807, 2.05) is 6.92 Å². The molecule has 1 fully saturated rings. The molecule has 0 N–H and O–H groups in total. The number of benzene rings is 2. The van der Waals surface area contributed by atoms with E-state index in [4.69, 9.17) is 11.6 Å². The Kier molecular flexibility index (Phi) is 5.42. The van der Waals surface area contributed by atoms with E-state index in [9.17, 15) is 21.6 Å². The first-order chi connectivity index (χ1) is 12.6. The average molecular weight is 419 g/mol. The van der Waals surface area contributed by atoms with E-state index in [0.717, 1.165) is 17.7 Å². The number of piperazine rings is 1. The topological polar surface area (TPSA) is 40.6 Å². The third-order valence-electron chi connectivity index (χ3n) is 4.48. The molecule has 2 aromatic carbocycles. The van der Waals surface area contributed by atoms with E-state index in [-0.39, 0.29) is 23.0 Å². The zero-order valence-corrected chi connectivity index (χ0v) is 16.1. The second-order valence-corrected chi connectivity index (χ2v) is 8.69. The molecule has 2 aromatic rings. The molecule has 1 heterocycles. The summed E-state index contributed by atoms with van der Waals surface area (Å²) in [5, 5.41) is 0.162. The molecular formula is C18H18ClF3N2O2S. The van der Waals surface area contributed by atoms with Gasteiger partial charge >= 0.3 is 6.18 Å². The largest absolute Gasteiger partial charge is 0.416 e. The minimum absolute atomic E-state index is 0.0438. The fourth-order valence-corrected chi connectivity index (χ4v) is 5.01. The highest BCUT2D eigenvalue weighted by Gasteiger charge is 2.33. The summed E-state index contributed by atoms with van der Waals surface area (Å²) in [5.41, 5.74) is 0.560. The Hall–Kier alpha value is -1.77. The molecule has 0 spiro atoms. The molecule has 146 valence electrons. The van der Waals surface area contributed by atoms with Crippen LogP contribution in [0, 0.1) is 6.92 Å². The molecule has 0 atom stereocenters. The Balaban J connectivity index is 1.75. The molecule has 1 saturated heterocycles. The van der Waals surface area contributed by atoms with E-state index in [1.165, 1.54) is 16.4 Å². The molecule has 0 amide bonds. The maximum absolute atomic E-state index is 12.9. The van der Waals surface area contributed by atoms with Gasteiger partial charge in [-0.2, -0.15) is 17.5 Å². The first-order valence-corrected chi connectivity index (χ1v) is 10.1. The minimum atomic E-state index is -4.41. The number of hydrogen-bond acceptors (Lipinski definition) is 3. The lowest BCUT2D eigenvalue weighted by atomic mass is 10.1. The maximum atomic E-state index is 12.9. The van der Waals surface area contributed by atoms with Crippen molar-refractivity contribution in [3.63, 3.8) is 0 Å². The van der Waals surface area contributed by atoms with Crippen molar-refractivity contribution in [2.45, 2.75) is 18.0 Å². The lowest BCUT2D eigenvalue weighted by Gasteiger charge is -2.35. The predicted octanol–water partition coefficient (Wildman–Crippen LogP) is 4.18. The first-order valence-electron chi connectivity index (χ1n) is 8.27. The van der Waals surface area contributed by atoms with Crippen LogP contribution in [0.3, 0.4) is 0 Å². The summed E-state index contributed by atoms with van der Waals surface area (Å²) in [5.74, 6) is 0. The molecule has 3 rings (SSSR count). The number of halogens is 4. The molecular weight excluding hydrogens is 401 g/mol. The van der Waals surface area contributed by atoms with Gasteiger partial charge in [0.25, 0.3) is 0 Å². The Bertz CT molecular complexity index is 940. The molecule has 0 bridgehead atoms. The van der Waals surface area contributed by atoms with Crippen LogP contribution in [0.5, 0.6) is 0 Å². The highest BCUT2D eigenvalue weighted by molar-refractivity contribution is 7.89. The van der Waals surface area contributed by atoms with Crippen molar-refractivity contribution in [3.8, 4) is 0 Å². The van der Waals surface area contributed by atoms with Crippen LogP contribution in [0.1, 0.15) is 11.1 Å². The summed E-state index contributed by atoms with van der Waals surface area (Å²) in [6.07, 6.45) is -4.41. The smallest absolute Gasteiger partial charge is 0.369 e. The normalized spacial score (nSPS) is 16.6. The van der Waals surface area contributed by atoms with Gasteiger partial charge in [-0.1, -0.05) is 23.7 Å². The summed E-state index contributed by atoms with van der Waals surface area (Å²) >= 11 is 6.10. The van der Waals surface area contributed by atoms with Crippen molar-refractivity contribution < 1.29 is 21.6 Å². The maximum Gasteiger partial charge on any atom is 0.416 e. The van der Waals surface area contributed by atoms with E-state index >= 15 is 0 Å². The minimum Gasteiger partial charge on any atom is -0.369 e. The van der Waals surface area contributed by atoms with Gasteiger partial charge in [0.05, 0.1) is 10.6 Å². The second-order valence-electron chi connectivity index (χ2n) is 6.37. The van der Waals surface area contributed by atoms with Gasteiger partial charge in [-0.15, -0.1) is 0 Å². The molecule has 9 heteroatoms. The first kappa shape index (κ1) is 20.0. The van der Waals surface area contributed by atoms with Gasteiger partial charge in [0.2, 0.25) is 10.0 Å². The van der Waals surface area contributed by atoms with Crippen LogP contribution in [-0.4, -0.2) is 38.9 Å². The summed E-state index contributed by atoms with van der Waals surface area (Å²) in [6.45, 7) is 2.75. The third kappa shape index (κ3) is 4.23. The van der Waals surface area contributed by atoms with Gasteiger partial charge in [0.15, 0.2) is 0 Å². The van der Waals surface area contributed by atoms with Crippen LogP contribution < -0.4 is 4.90 Å². The zero-order chi connectivity index (χ0) is 19.8. The fraction of sp³-hybridized carbons (Fsp3) is 0.333. The van der Waals surface area contributed by atoms with Crippen LogP contribution in [0.15, 0.2) is 47.4 Å². The van der Waals surface area contributed by atoms with Crippen LogP contribution >= 0.6 is 11.6 Å². The van der Waals surface area contributed by atoms with Crippen LogP contribution in [0.4, 0.5) is 18.9 Å². The molecule has 0 radical (unpaired) electrons. The monoisotopic (exact) mass is 418 g/mol. The van der Waals surface area contributed by atoms with Gasteiger partial charge in [-0.3, -0.25) is 0 Å². The number of nitrogens with zero attached hydrogens (tertiary/aromatic N) is 2. The van der Waals surface area contributed by atoms with Gasteiger partial charge in [-0.05, 0) is 42.8 Å². The van der Waals surface area contributed by atoms with Crippen molar-refractivity contribution in [1.29, 1.82) is 0 Å². The van der Waals surface area contributed by atoms with Crippen molar-refractivity contribution in [1.82, 2.24) is 4.31 Å². The Morgan fingerprint density at radius 3 is 2.26 bits per heavy atom. The number of alkyl halides is 3. The highest BCUT2D eigenvalue weighted by atomic mass is 35.5. The summed E-state index contributed by atoms with van der Waals surface area (Å²) in [4.78, 5) is 1.79. The Morgan fingerprint density at radius 1 is 1.00 bits per heavy atom. The van der Waals surface area contributed by atoms with Crippen molar-refractivity contribution in [3.05, 3.63) is 58.6 Å². The number of aryl methyl sites for hydroxylation is 1. The van der Waals surface area contributed by atoms with E-state index in [0.29, 0.717) is 18.8 Å². The predicted molar refractivity (Wildman–Crippen MR) is 98.6 cm³/mol. The Morgan fingerprint density at radius 2 is 1.67 bits per heavy atom. The lowest BCUT2D eigenvalue weighted by Crippen LogP contribution is -2.48. The van der Waals surface area contributed by atoms with E-state index < -0.39 is 21.8 Å². The van der Waals surface area contributed by atoms with E-state index in [1.54, 1.807) is 23.1 Å². The van der Waals surface area contributed by atoms with Crippen molar-refractivity contribution in [2.75, 3.05) is 31.1 Å². The number of anilines is 1. The number of hydrogen-bond donors (Lipinski definition) is 0. The summed E-state index contributed by atoms with van der Waals surface area (Å²) in [7, 11) is -3.75. The molecule has 27 heavy (non-hydrogen) atoms. The van der Waals surface area contributed by atoms with Gasteiger partial charge < -0.3 is 4.90 Å². The van der Waals surface area contributed by atoms with Crippen molar-refractivity contribution in [2.24, 2.45) is 0 Å². The second kappa shape index (κ2) is 7.33. The molecule has 0 saturated carbocycles. The highest BCUT2D eigenvalue weighted by Crippen LogP contribution is 2.32. The van der Waals surface area contributed by atoms with E-state index in [2.05, 4.69) is 0 Å².